The fourth-order valence-corrected chi connectivity index (χ4v) is 3.41. The largest absolute Gasteiger partial charge is 0.367 e. The van der Waals surface area contributed by atoms with Gasteiger partial charge in [-0.25, -0.2) is 5.48 Å². The smallest absolute Gasteiger partial charge is 0.267 e. The fourth-order valence-electron chi connectivity index (χ4n) is 3.41. The molecule has 3 aromatic rings. The highest BCUT2D eigenvalue weighted by Gasteiger charge is 2.25. The third-order valence-corrected chi connectivity index (χ3v) is 4.99. The molecule has 0 aliphatic carbocycles. The van der Waals surface area contributed by atoms with Gasteiger partial charge >= 0.3 is 0 Å². The Kier molecular flexibility index (Phi) is 6.34. The summed E-state index contributed by atoms with van der Waals surface area (Å²) < 4.78 is 11.5. The highest BCUT2D eigenvalue weighted by Crippen LogP contribution is 2.27. The highest BCUT2D eigenvalue weighted by atomic mass is 16.5. The number of aromatic nitrogens is 1. The Morgan fingerprint density at radius 2 is 2.00 bits per heavy atom. The van der Waals surface area contributed by atoms with Gasteiger partial charge in [-0.2, -0.15) is 0 Å². The summed E-state index contributed by atoms with van der Waals surface area (Å²) in [5.41, 5.74) is 5.46. The number of nitrogens with zero attached hydrogens (tertiary/aromatic N) is 2. The van der Waals surface area contributed by atoms with Crippen molar-refractivity contribution in [1.29, 1.82) is 0 Å². The number of hydrogen-bond donors (Lipinski definition) is 2. The summed E-state index contributed by atoms with van der Waals surface area (Å²) in [6.07, 6.45) is 2.78. The number of amides is 1. The topological polar surface area (TPSA) is 87.8 Å². The van der Waals surface area contributed by atoms with Crippen LogP contribution in [0.2, 0.25) is 0 Å². The Balaban J connectivity index is 1.37. The third-order valence-electron chi connectivity index (χ3n) is 4.99. The summed E-state index contributed by atoms with van der Waals surface area (Å²) in [5, 5.41) is 12.7. The first-order chi connectivity index (χ1) is 14.7. The number of morpholine rings is 1. The van der Waals surface area contributed by atoms with Crippen LogP contribution < -0.4 is 5.48 Å². The number of hydrogen-bond acceptors (Lipinski definition) is 6. The second kappa shape index (κ2) is 9.49. The molecule has 1 fully saturated rings. The maximum atomic E-state index is 11.1. The van der Waals surface area contributed by atoms with Crippen molar-refractivity contribution in [3.63, 3.8) is 0 Å². The van der Waals surface area contributed by atoms with Crippen LogP contribution in [-0.2, 0) is 16.1 Å². The number of hydroxylamine groups is 1. The minimum absolute atomic E-state index is 0.150. The van der Waals surface area contributed by atoms with Crippen molar-refractivity contribution in [2.24, 2.45) is 0 Å². The van der Waals surface area contributed by atoms with Crippen molar-refractivity contribution in [1.82, 2.24) is 15.5 Å². The van der Waals surface area contributed by atoms with Crippen LogP contribution in [0.1, 0.15) is 23.0 Å². The molecule has 1 saturated heterocycles. The molecule has 2 aromatic carbocycles. The second-order valence-corrected chi connectivity index (χ2v) is 7.13. The van der Waals surface area contributed by atoms with E-state index in [1.54, 1.807) is 11.6 Å². The van der Waals surface area contributed by atoms with Crippen LogP contribution >= 0.6 is 0 Å². The zero-order valence-corrected chi connectivity index (χ0v) is 16.4. The molecular weight excluding hydrogens is 382 g/mol. The fraction of sp³-hybridized carbons (Fsp3) is 0.217. The van der Waals surface area contributed by atoms with Gasteiger partial charge in [-0.15, -0.1) is 0 Å². The molecule has 2 N–H and O–H groups in total. The van der Waals surface area contributed by atoms with Crippen LogP contribution in [0, 0.1) is 0 Å². The van der Waals surface area contributed by atoms with E-state index < -0.39 is 5.91 Å². The van der Waals surface area contributed by atoms with Crippen molar-refractivity contribution in [2.75, 3.05) is 19.7 Å². The van der Waals surface area contributed by atoms with E-state index >= 15 is 0 Å². The molecule has 1 aliphatic rings. The summed E-state index contributed by atoms with van der Waals surface area (Å²) >= 11 is 0. The van der Waals surface area contributed by atoms with E-state index in [0.29, 0.717) is 6.61 Å². The predicted octanol–water partition coefficient (Wildman–Crippen LogP) is 3.43. The third kappa shape index (κ3) is 5.01. The zero-order valence-electron chi connectivity index (χ0n) is 16.4. The van der Waals surface area contributed by atoms with Crippen LogP contribution in [0.4, 0.5) is 0 Å². The quantitative estimate of drug-likeness (QED) is 0.371. The lowest BCUT2D eigenvalue weighted by Crippen LogP contribution is -2.37. The van der Waals surface area contributed by atoms with Gasteiger partial charge in [-0.3, -0.25) is 14.9 Å². The number of carbonyl (C=O) groups is 1. The summed E-state index contributed by atoms with van der Waals surface area (Å²) in [4.78, 5) is 13.4. The molecular formula is C23H23N3O4. The second-order valence-electron chi connectivity index (χ2n) is 7.13. The number of ether oxygens (including phenoxy) is 1. The molecule has 7 heteroatoms. The molecule has 1 atom stereocenters. The molecule has 7 nitrogen and oxygen atoms in total. The monoisotopic (exact) mass is 405 g/mol. The van der Waals surface area contributed by atoms with E-state index in [1.165, 1.54) is 11.6 Å². The first kappa shape index (κ1) is 20.0. The van der Waals surface area contributed by atoms with Crippen LogP contribution in [0.25, 0.3) is 17.3 Å². The standard InChI is InChI=1S/C23H23N3O4/c27-23(24-28)11-10-17-6-8-18(9-7-17)15-26-12-13-29-22(16-26)21-14-20(25-30-21)19-4-2-1-3-5-19/h1-11,14,22,28H,12-13,15-16H2,(H,24,27). The van der Waals surface area contributed by atoms with E-state index in [2.05, 4.69) is 10.1 Å². The molecule has 4 rings (SSSR count). The highest BCUT2D eigenvalue weighted by molar-refractivity contribution is 5.90. The minimum Gasteiger partial charge on any atom is -0.367 e. The number of carbonyl (C=O) groups excluding carboxylic acids is 1. The van der Waals surface area contributed by atoms with Gasteiger partial charge in [0.2, 0.25) is 0 Å². The first-order valence-electron chi connectivity index (χ1n) is 9.78. The number of nitrogens with one attached hydrogen (secondary N) is 1. The SMILES string of the molecule is O=C(C=Cc1ccc(CN2CCOC(c3cc(-c4ccccc4)no3)C2)cc1)NO. The number of rotatable bonds is 6. The maximum absolute atomic E-state index is 11.1. The zero-order chi connectivity index (χ0) is 20.8. The summed E-state index contributed by atoms with van der Waals surface area (Å²) in [5.74, 6) is 0.183. The van der Waals surface area contributed by atoms with Gasteiger partial charge in [-0.1, -0.05) is 59.8 Å². The van der Waals surface area contributed by atoms with Crippen LogP contribution in [-0.4, -0.2) is 40.9 Å². The lowest BCUT2D eigenvalue weighted by molar-refractivity contribution is -0.124. The Morgan fingerprint density at radius 3 is 2.77 bits per heavy atom. The van der Waals surface area contributed by atoms with E-state index in [-0.39, 0.29) is 6.10 Å². The van der Waals surface area contributed by atoms with Gasteiger partial charge in [0.15, 0.2) is 5.76 Å². The average Bonchev–Trinajstić information content (AvgIpc) is 3.30. The van der Waals surface area contributed by atoms with E-state index in [0.717, 1.165) is 42.2 Å². The normalized spacial score (nSPS) is 17.3. The lowest BCUT2D eigenvalue weighted by Gasteiger charge is -2.31. The molecule has 0 saturated carbocycles. The molecule has 154 valence electrons. The number of benzene rings is 2. The van der Waals surface area contributed by atoms with E-state index in [1.807, 2.05) is 60.7 Å². The van der Waals surface area contributed by atoms with Gasteiger partial charge in [0.25, 0.3) is 5.91 Å². The van der Waals surface area contributed by atoms with Crippen molar-refractivity contribution in [2.45, 2.75) is 12.6 Å². The molecule has 2 heterocycles. The minimum atomic E-state index is -0.554. The van der Waals surface area contributed by atoms with Gasteiger partial charge < -0.3 is 9.26 Å². The van der Waals surface area contributed by atoms with Gasteiger partial charge in [0.1, 0.15) is 11.8 Å². The molecule has 30 heavy (non-hydrogen) atoms. The molecule has 1 amide bonds. The molecule has 0 spiro atoms. The Labute approximate surface area is 174 Å². The molecule has 0 bridgehead atoms. The summed E-state index contributed by atoms with van der Waals surface area (Å²) in [6.45, 7) is 2.99. The van der Waals surface area contributed by atoms with Crippen LogP contribution in [0.5, 0.6) is 0 Å². The van der Waals surface area contributed by atoms with Gasteiger partial charge in [0, 0.05) is 37.3 Å². The average molecular weight is 405 g/mol. The van der Waals surface area contributed by atoms with Crippen LogP contribution in [0.3, 0.4) is 0 Å². The molecule has 1 unspecified atom stereocenters. The summed E-state index contributed by atoms with van der Waals surface area (Å²) in [6, 6.07) is 19.8. The Hall–Kier alpha value is -3.26. The first-order valence-corrected chi connectivity index (χ1v) is 9.78. The van der Waals surface area contributed by atoms with E-state index in [9.17, 15) is 4.79 Å². The Bertz CT molecular complexity index is 999. The van der Waals surface area contributed by atoms with Crippen molar-refractivity contribution in [3.05, 3.63) is 83.6 Å². The van der Waals surface area contributed by atoms with Crippen molar-refractivity contribution in [3.8, 4) is 11.3 Å². The van der Waals surface area contributed by atoms with Crippen molar-refractivity contribution < 1.29 is 19.3 Å². The van der Waals surface area contributed by atoms with Gasteiger partial charge in [0.05, 0.1) is 6.61 Å². The Morgan fingerprint density at radius 1 is 1.20 bits per heavy atom. The predicted molar refractivity (Wildman–Crippen MR) is 111 cm³/mol. The molecule has 1 aliphatic heterocycles. The molecule has 1 aromatic heterocycles. The van der Waals surface area contributed by atoms with E-state index in [4.69, 9.17) is 14.5 Å². The molecule has 0 radical (unpaired) electrons. The summed E-state index contributed by atoms with van der Waals surface area (Å²) in [7, 11) is 0. The maximum Gasteiger partial charge on any atom is 0.267 e. The van der Waals surface area contributed by atoms with Crippen LogP contribution in [0.15, 0.2) is 71.3 Å². The lowest BCUT2D eigenvalue weighted by atomic mass is 10.1. The van der Waals surface area contributed by atoms with Gasteiger partial charge in [-0.05, 0) is 17.2 Å². The van der Waals surface area contributed by atoms with Crippen molar-refractivity contribution >= 4 is 12.0 Å².